The molecule has 0 aromatic heterocycles. The Balaban J connectivity index is 1.65. The molecule has 3 rings (SSSR count). The number of benzene rings is 2. The standard InChI is InChI=1S/C24H30N2O4S/c1-24(2,3)21-11-8-19(9-12-21)10-13-23(27)25-18-20-6-4-5-7-22(20)31(28,29)26-14-16-30-17-15-26/h4-13H,14-18H2,1-3H3,(H,25,27)/b13-10+. The topological polar surface area (TPSA) is 75.7 Å². The van der Waals surface area contributed by atoms with Gasteiger partial charge in [0.25, 0.3) is 0 Å². The van der Waals surface area contributed by atoms with E-state index in [0.29, 0.717) is 31.9 Å². The largest absolute Gasteiger partial charge is 0.379 e. The van der Waals surface area contributed by atoms with Crippen LogP contribution in [0.4, 0.5) is 0 Å². The first-order chi connectivity index (χ1) is 14.7. The number of carbonyl (C=O) groups is 1. The predicted molar refractivity (Wildman–Crippen MR) is 122 cm³/mol. The highest BCUT2D eigenvalue weighted by molar-refractivity contribution is 7.89. The van der Waals surface area contributed by atoms with Gasteiger partial charge < -0.3 is 10.1 Å². The fourth-order valence-electron chi connectivity index (χ4n) is 3.33. The van der Waals surface area contributed by atoms with Gasteiger partial charge in [-0.05, 0) is 34.2 Å². The third-order valence-corrected chi connectivity index (χ3v) is 7.22. The summed E-state index contributed by atoms with van der Waals surface area (Å²) < 4.78 is 32.7. The molecule has 6 nitrogen and oxygen atoms in total. The van der Waals surface area contributed by atoms with Crippen molar-refractivity contribution < 1.29 is 17.9 Å². The molecular formula is C24H30N2O4S. The molecule has 0 atom stereocenters. The third-order valence-electron chi connectivity index (χ3n) is 5.22. The normalized spacial score (nSPS) is 15.8. The second-order valence-corrected chi connectivity index (χ2v) is 10.5. The second kappa shape index (κ2) is 9.77. The van der Waals surface area contributed by atoms with Crippen molar-refractivity contribution in [2.24, 2.45) is 0 Å². The quantitative estimate of drug-likeness (QED) is 0.697. The predicted octanol–water partition coefficient (Wildman–Crippen LogP) is 3.33. The van der Waals surface area contributed by atoms with Gasteiger partial charge >= 0.3 is 0 Å². The highest BCUT2D eigenvalue weighted by Crippen LogP contribution is 2.23. The van der Waals surface area contributed by atoms with Crippen molar-refractivity contribution in [1.29, 1.82) is 0 Å². The summed E-state index contributed by atoms with van der Waals surface area (Å²) in [6, 6.07) is 14.9. The van der Waals surface area contributed by atoms with Crippen molar-refractivity contribution >= 4 is 22.0 Å². The minimum Gasteiger partial charge on any atom is -0.379 e. The van der Waals surface area contributed by atoms with Gasteiger partial charge in [-0.3, -0.25) is 4.79 Å². The molecule has 0 bridgehead atoms. The Labute approximate surface area is 185 Å². The smallest absolute Gasteiger partial charge is 0.244 e. The highest BCUT2D eigenvalue weighted by Gasteiger charge is 2.28. The number of nitrogens with zero attached hydrogens (tertiary/aromatic N) is 1. The molecule has 2 aromatic rings. The van der Waals surface area contributed by atoms with E-state index in [1.807, 2.05) is 12.1 Å². The van der Waals surface area contributed by atoms with Gasteiger partial charge in [-0.2, -0.15) is 4.31 Å². The minimum atomic E-state index is -3.63. The van der Waals surface area contributed by atoms with E-state index in [4.69, 9.17) is 4.74 Å². The molecule has 31 heavy (non-hydrogen) atoms. The number of carbonyl (C=O) groups excluding carboxylic acids is 1. The zero-order valence-electron chi connectivity index (χ0n) is 18.3. The van der Waals surface area contributed by atoms with Crippen LogP contribution in [-0.4, -0.2) is 44.9 Å². The molecule has 166 valence electrons. The zero-order chi connectivity index (χ0) is 22.5. The highest BCUT2D eigenvalue weighted by atomic mass is 32.2. The van der Waals surface area contributed by atoms with Gasteiger partial charge in [-0.15, -0.1) is 0 Å². The van der Waals surface area contributed by atoms with Crippen molar-refractivity contribution in [3.05, 3.63) is 71.3 Å². The molecule has 1 aliphatic heterocycles. The van der Waals surface area contributed by atoms with E-state index in [0.717, 1.165) is 5.56 Å². The fourth-order valence-corrected chi connectivity index (χ4v) is 4.97. The maximum Gasteiger partial charge on any atom is 0.244 e. The minimum absolute atomic E-state index is 0.0779. The first-order valence-corrected chi connectivity index (χ1v) is 11.8. The van der Waals surface area contributed by atoms with Crippen LogP contribution in [-0.2, 0) is 31.5 Å². The lowest BCUT2D eigenvalue weighted by Crippen LogP contribution is -2.41. The van der Waals surface area contributed by atoms with Crippen molar-refractivity contribution in [2.75, 3.05) is 26.3 Å². The maximum atomic E-state index is 13.0. The molecule has 1 N–H and O–H groups in total. The number of nitrogens with one attached hydrogen (secondary N) is 1. The number of hydrogen-bond donors (Lipinski definition) is 1. The third kappa shape index (κ3) is 6.03. The van der Waals surface area contributed by atoms with Crippen LogP contribution in [0.2, 0.25) is 0 Å². The van der Waals surface area contributed by atoms with E-state index in [2.05, 4.69) is 38.2 Å². The SMILES string of the molecule is CC(C)(C)c1ccc(/C=C/C(=O)NCc2ccccc2S(=O)(=O)N2CCOCC2)cc1. The summed E-state index contributed by atoms with van der Waals surface area (Å²) in [4.78, 5) is 12.5. The van der Waals surface area contributed by atoms with Crippen LogP contribution in [0.1, 0.15) is 37.5 Å². The average molecular weight is 443 g/mol. The lowest BCUT2D eigenvalue weighted by molar-refractivity contribution is -0.116. The van der Waals surface area contributed by atoms with Gasteiger partial charge in [-0.25, -0.2) is 8.42 Å². The van der Waals surface area contributed by atoms with Gasteiger partial charge in [0.2, 0.25) is 15.9 Å². The van der Waals surface area contributed by atoms with Crippen molar-refractivity contribution in [2.45, 2.75) is 37.6 Å². The number of ether oxygens (including phenoxy) is 1. The molecule has 1 amide bonds. The van der Waals surface area contributed by atoms with Gasteiger partial charge in [0.15, 0.2) is 0 Å². The number of morpholine rings is 1. The monoisotopic (exact) mass is 442 g/mol. The summed E-state index contributed by atoms with van der Waals surface area (Å²) >= 11 is 0. The molecule has 0 aliphatic carbocycles. The summed E-state index contributed by atoms with van der Waals surface area (Å²) in [6.45, 7) is 8.04. The Morgan fingerprint density at radius 1 is 1.06 bits per heavy atom. The summed E-state index contributed by atoms with van der Waals surface area (Å²) in [5.74, 6) is -0.279. The number of rotatable bonds is 6. The lowest BCUT2D eigenvalue weighted by atomic mass is 9.87. The van der Waals surface area contributed by atoms with Gasteiger partial charge in [-0.1, -0.05) is 63.2 Å². The molecule has 1 saturated heterocycles. The van der Waals surface area contributed by atoms with Crippen LogP contribution in [0.5, 0.6) is 0 Å². The number of amides is 1. The molecule has 0 unspecified atom stereocenters. The number of sulfonamides is 1. The Hall–Kier alpha value is -2.48. The number of hydrogen-bond acceptors (Lipinski definition) is 4. The average Bonchev–Trinajstić information content (AvgIpc) is 2.76. The van der Waals surface area contributed by atoms with E-state index < -0.39 is 10.0 Å². The van der Waals surface area contributed by atoms with Gasteiger partial charge in [0.05, 0.1) is 18.1 Å². The van der Waals surface area contributed by atoms with Crippen LogP contribution in [0.15, 0.2) is 59.5 Å². The van der Waals surface area contributed by atoms with E-state index in [1.165, 1.54) is 15.9 Å². The van der Waals surface area contributed by atoms with Crippen LogP contribution in [0.3, 0.4) is 0 Å². The maximum absolute atomic E-state index is 13.0. The molecule has 1 aliphatic rings. The van der Waals surface area contributed by atoms with Gasteiger partial charge in [0, 0.05) is 25.7 Å². The summed E-state index contributed by atoms with van der Waals surface area (Å²) in [5.41, 5.74) is 2.80. The van der Waals surface area contributed by atoms with Crippen LogP contribution in [0.25, 0.3) is 6.08 Å². The molecule has 0 saturated carbocycles. The Bertz CT molecular complexity index is 1030. The summed E-state index contributed by atoms with van der Waals surface area (Å²) in [6.07, 6.45) is 3.21. The summed E-state index contributed by atoms with van der Waals surface area (Å²) in [5, 5.41) is 2.79. The Morgan fingerprint density at radius 2 is 1.71 bits per heavy atom. The molecule has 7 heteroatoms. The van der Waals surface area contributed by atoms with Crippen LogP contribution < -0.4 is 5.32 Å². The van der Waals surface area contributed by atoms with Crippen molar-refractivity contribution in [3.8, 4) is 0 Å². The fraction of sp³-hybridized carbons (Fsp3) is 0.375. The molecule has 0 spiro atoms. The van der Waals surface area contributed by atoms with Crippen LogP contribution in [0, 0.1) is 0 Å². The van der Waals surface area contributed by atoms with Crippen molar-refractivity contribution in [3.63, 3.8) is 0 Å². The van der Waals surface area contributed by atoms with Crippen LogP contribution >= 0.6 is 0 Å². The summed E-state index contributed by atoms with van der Waals surface area (Å²) in [7, 11) is -3.63. The van der Waals surface area contributed by atoms with E-state index in [1.54, 1.807) is 30.3 Å². The molecule has 1 heterocycles. The first kappa shape index (κ1) is 23.2. The zero-order valence-corrected chi connectivity index (χ0v) is 19.1. The van der Waals surface area contributed by atoms with Crippen molar-refractivity contribution in [1.82, 2.24) is 9.62 Å². The lowest BCUT2D eigenvalue weighted by Gasteiger charge is -2.27. The van der Waals surface area contributed by atoms with E-state index in [9.17, 15) is 13.2 Å². The second-order valence-electron chi connectivity index (χ2n) is 8.55. The Kier molecular flexibility index (Phi) is 7.30. The van der Waals surface area contributed by atoms with E-state index >= 15 is 0 Å². The molecule has 1 fully saturated rings. The van der Waals surface area contributed by atoms with Gasteiger partial charge in [0.1, 0.15) is 0 Å². The Morgan fingerprint density at radius 3 is 2.35 bits per heavy atom. The molecule has 2 aromatic carbocycles. The molecule has 0 radical (unpaired) electrons. The molecular weight excluding hydrogens is 412 g/mol. The first-order valence-electron chi connectivity index (χ1n) is 10.4. The van der Waals surface area contributed by atoms with E-state index in [-0.39, 0.29) is 22.8 Å².